The number of nitrogens with one attached hydrogen (secondary N) is 1. The molecule has 0 aromatic rings. The first kappa shape index (κ1) is 17.5. The molecule has 19 heavy (non-hydrogen) atoms. The molecule has 110 valence electrons. The molecule has 5 nitrogen and oxygen atoms in total. The van der Waals surface area contributed by atoms with Gasteiger partial charge in [0.2, 0.25) is 5.91 Å². The van der Waals surface area contributed by atoms with Crippen LogP contribution >= 0.6 is 0 Å². The summed E-state index contributed by atoms with van der Waals surface area (Å²) in [4.78, 5) is 19.5. The van der Waals surface area contributed by atoms with Gasteiger partial charge in [0.15, 0.2) is 5.96 Å². The SMILES string of the molecule is C=C(C)CN(C)C(=NCC(=O)N(C)C)NC(C)CC. The van der Waals surface area contributed by atoms with Crippen LogP contribution in [0.2, 0.25) is 0 Å². The fraction of sp³-hybridized carbons (Fsp3) is 0.714. The van der Waals surface area contributed by atoms with E-state index in [0.29, 0.717) is 6.04 Å². The number of amides is 1. The summed E-state index contributed by atoms with van der Waals surface area (Å²) in [7, 11) is 5.41. The van der Waals surface area contributed by atoms with E-state index in [0.717, 1.165) is 24.5 Å². The summed E-state index contributed by atoms with van der Waals surface area (Å²) in [5.41, 5.74) is 1.06. The smallest absolute Gasteiger partial charge is 0.243 e. The van der Waals surface area contributed by atoms with Gasteiger partial charge in [-0.3, -0.25) is 4.79 Å². The summed E-state index contributed by atoms with van der Waals surface area (Å²) in [6, 6.07) is 0.320. The van der Waals surface area contributed by atoms with Gasteiger partial charge in [0, 0.05) is 33.7 Å². The minimum absolute atomic E-state index is 0.00724. The van der Waals surface area contributed by atoms with E-state index < -0.39 is 0 Å². The summed E-state index contributed by atoms with van der Waals surface area (Å²) >= 11 is 0. The van der Waals surface area contributed by atoms with Gasteiger partial charge in [-0.05, 0) is 20.3 Å². The predicted octanol–water partition coefficient (Wildman–Crippen LogP) is 1.33. The Morgan fingerprint density at radius 3 is 2.37 bits per heavy atom. The zero-order valence-electron chi connectivity index (χ0n) is 13.2. The monoisotopic (exact) mass is 268 g/mol. The molecule has 1 N–H and O–H groups in total. The van der Waals surface area contributed by atoms with E-state index in [-0.39, 0.29) is 12.5 Å². The van der Waals surface area contributed by atoms with Gasteiger partial charge >= 0.3 is 0 Å². The van der Waals surface area contributed by atoms with Gasteiger partial charge in [0.05, 0.1) is 0 Å². The lowest BCUT2D eigenvalue weighted by molar-refractivity contribution is -0.127. The van der Waals surface area contributed by atoms with Crippen LogP contribution in [0.3, 0.4) is 0 Å². The summed E-state index contributed by atoms with van der Waals surface area (Å²) in [6.07, 6.45) is 1.00. The number of hydrogen-bond donors (Lipinski definition) is 1. The molecule has 0 saturated heterocycles. The fourth-order valence-corrected chi connectivity index (χ4v) is 1.36. The minimum Gasteiger partial charge on any atom is -0.354 e. The van der Waals surface area contributed by atoms with Gasteiger partial charge in [-0.1, -0.05) is 19.1 Å². The maximum atomic E-state index is 11.6. The molecular weight excluding hydrogens is 240 g/mol. The second-order valence-electron chi connectivity index (χ2n) is 5.19. The third kappa shape index (κ3) is 7.49. The molecule has 1 amide bonds. The number of aliphatic imine (C=N–C) groups is 1. The number of nitrogens with zero attached hydrogens (tertiary/aromatic N) is 3. The lowest BCUT2D eigenvalue weighted by Gasteiger charge is -2.25. The second kappa shape index (κ2) is 8.56. The summed E-state index contributed by atoms with van der Waals surface area (Å²) < 4.78 is 0. The van der Waals surface area contributed by atoms with Crippen molar-refractivity contribution in [3.05, 3.63) is 12.2 Å². The fourth-order valence-electron chi connectivity index (χ4n) is 1.36. The molecule has 0 radical (unpaired) electrons. The average molecular weight is 268 g/mol. The molecule has 0 fully saturated rings. The Morgan fingerprint density at radius 1 is 1.37 bits per heavy atom. The predicted molar refractivity (Wildman–Crippen MR) is 81.3 cm³/mol. The van der Waals surface area contributed by atoms with Crippen molar-refractivity contribution in [1.82, 2.24) is 15.1 Å². The molecule has 0 aromatic carbocycles. The Morgan fingerprint density at radius 2 is 1.95 bits per heavy atom. The Balaban J connectivity index is 4.78. The number of carbonyl (C=O) groups excluding carboxylic acids is 1. The standard InChI is InChI=1S/C14H28N4O/c1-8-12(4)16-14(18(7)10-11(2)3)15-9-13(19)17(5)6/h12H,2,8-10H2,1,3-7H3,(H,15,16). The molecular formula is C14H28N4O. The average Bonchev–Trinajstić information content (AvgIpc) is 2.32. The maximum absolute atomic E-state index is 11.6. The van der Waals surface area contributed by atoms with Crippen molar-refractivity contribution < 1.29 is 4.79 Å². The van der Waals surface area contributed by atoms with Gasteiger partial charge in [-0.15, -0.1) is 0 Å². The number of guanidine groups is 1. The van der Waals surface area contributed by atoms with E-state index in [9.17, 15) is 4.79 Å². The van der Waals surface area contributed by atoms with Crippen molar-refractivity contribution in [2.45, 2.75) is 33.2 Å². The number of carbonyl (C=O) groups is 1. The van der Waals surface area contributed by atoms with Crippen LogP contribution in [0.5, 0.6) is 0 Å². The van der Waals surface area contributed by atoms with Crippen LogP contribution in [0.4, 0.5) is 0 Å². The number of rotatable bonds is 6. The third-order valence-corrected chi connectivity index (χ3v) is 2.72. The Kier molecular flexibility index (Phi) is 7.87. The van der Waals surface area contributed by atoms with Crippen LogP contribution in [-0.4, -0.2) is 61.9 Å². The highest BCUT2D eigenvalue weighted by Gasteiger charge is 2.11. The molecule has 0 aromatic heterocycles. The number of likely N-dealkylation sites (N-methyl/N-ethyl adjacent to an activating group) is 2. The summed E-state index contributed by atoms with van der Waals surface area (Å²) in [5, 5.41) is 3.33. The maximum Gasteiger partial charge on any atom is 0.243 e. The summed E-state index contributed by atoms with van der Waals surface area (Å²) in [6.45, 7) is 11.0. The second-order valence-corrected chi connectivity index (χ2v) is 5.19. The van der Waals surface area contributed by atoms with Crippen molar-refractivity contribution in [3.63, 3.8) is 0 Å². The molecule has 0 spiro atoms. The van der Waals surface area contributed by atoms with E-state index in [4.69, 9.17) is 0 Å². The van der Waals surface area contributed by atoms with Gasteiger partial charge in [0.25, 0.3) is 0 Å². The summed E-state index contributed by atoms with van der Waals surface area (Å²) in [5.74, 6) is 0.736. The minimum atomic E-state index is -0.00724. The first-order valence-corrected chi connectivity index (χ1v) is 6.64. The van der Waals surface area contributed by atoms with Crippen molar-refractivity contribution in [1.29, 1.82) is 0 Å². The van der Waals surface area contributed by atoms with Crippen LogP contribution in [-0.2, 0) is 4.79 Å². The molecule has 1 atom stereocenters. The largest absolute Gasteiger partial charge is 0.354 e. The molecule has 1 unspecified atom stereocenters. The van der Waals surface area contributed by atoms with Gasteiger partial charge in [0.1, 0.15) is 6.54 Å². The lowest BCUT2D eigenvalue weighted by atomic mass is 10.2. The van der Waals surface area contributed by atoms with E-state index in [1.54, 1.807) is 19.0 Å². The van der Waals surface area contributed by atoms with E-state index in [2.05, 4.69) is 30.7 Å². The topological polar surface area (TPSA) is 47.9 Å². The Bertz CT molecular complexity index is 336. The van der Waals surface area contributed by atoms with Crippen LogP contribution < -0.4 is 5.32 Å². The van der Waals surface area contributed by atoms with Crippen LogP contribution in [0.15, 0.2) is 17.1 Å². The Labute approximate surface area is 117 Å². The lowest BCUT2D eigenvalue weighted by Crippen LogP contribution is -2.44. The first-order chi connectivity index (χ1) is 8.77. The highest BCUT2D eigenvalue weighted by molar-refractivity contribution is 5.85. The van der Waals surface area contributed by atoms with Crippen molar-refractivity contribution in [2.75, 3.05) is 34.2 Å². The molecule has 0 aliphatic rings. The molecule has 0 aliphatic heterocycles. The normalized spacial score (nSPS) is 12.8. The molecule has 0 bridgehead atoms. The molecule has 0 saturated carbocycles. The van der Waals surface area contributed by atoms with Crippen molar-refractivity contribution in [2.24, 2.45) is 4.99 Å². The van der Waals surface area contributed by atoms with Crippen molar-refractivity contribution >= 4 is 11.9 Å². The van der Waals surface area contributed by atoms with Crippen molar-refractivity contribution in [3.8, 4) is 0 Å². The highest BCUT2D eigenvalue weighted by atomic mass is 16.2. The molecule has 5 heteroatoms. The van der Waals surface area contributed by atoms with Crippen LogP contribution in [0, 0.1) is 0 Å². The van der Waals surface area contributed by atoms with Crippen LogP contribution in [0.25, 0.3) is 0 Å². The Hall–Kier alpha value is -1.52. The van der Waals surface area contributed by atoms with Gasteiger partial charge in [-0.2, -0.15) is 0 Å². The first-order valence-electron chi connectivity index (χ1n) is 6.64. The highest BCUT2D eigenvalue weighted by Crippen LogP contribution is 1.97. The quantitative estimate of drug-likeness (QED) is 0.449. The van der Waals surface area contributed by atoms with E-state index >= 15 is 0 Å². The number of hydrogen-bond acceptors (Lipinski definition) is 2. The third-order valence-electron chi connectivity index (χ3n) is 2.72. The van der Waals surface area contributed by atoms with E-state index in [1.165, 1.54) is 0 Å². The van der Waals surface area contributed by atoms with Gasteiger partial charge < -0.3 is 15.1 Å². The molecule has 0 heterocycles. The van der Waals surface area contributed by atoms with Crippen LogP contribution in [0.1, 0.15) is 27.2 Å². The van der Waals surface area contributed by atoms with Gasteiger partial charge in [-0.25, -0.2) is 4.99 Å². The zero-order valence-corrected chi connectivity index (χ0v) is 13.2. The van der Waals surface area contributed by atoms with E-state index in [1.807, 2.05) is 18.9 Å². The molecule has 0 aliphatic carbocycles. The molecule has 0 rings (SSSR count). The zero-order chi connectivity index (χ0) is 15.0.